The summed E-state index contributed by atoms with van der Waals surface area (Å²) in [6.45, 7) is 1.18. The highest BCUT2D eigenvalue weighted by atomic mass is 16.7. The molecule has 2 aromatic rings. The van der Waals surface area contributed by atoms with Crippen LogP contribution in [-0.4, -0.2) is 36.6 Å². The van der Waals surface area contributed by atoms with Crippen LogP contribution in [-0.2, 0) is 4.79 Å². The third kappa shape index (κ3) is 3.49. The molecule has 0 saturated carbocycles. The lowest BCUT2D eigenvalue weighted by atomic mass is 9.95. The molecule has 7 heteroatoms. The van der Waals surface area contributed by atoms with Gasteiger partial charge in [-0.3, -0.25) is 9.59 Å². The van der Waals surface area contributed by atoms with Crippen LogP contribution in [0, 0.1) is 17.2 Å². The first-order valence-electron chi connectivity index (χ1n) is 9.14. The van der Waals surface area contributed by atoms with E-state index < -0.39 is 0 Å². The number of carbonyl (C=O) groups is 2. The predicted octanol–water partition coefficient (Wildman–Crippen LogP) is 2.78. The Morgan fingerprint density at radius 1 is 1.07 bits per heavy atom. The number of anilines is 1. The first-order valence-corrected chi connectivity index (χ1v) is 9.14. The Morgan fingerprint density at radius 2 is 1.82 bits per heavy atom. The van der Waals surface area contributed by atoms with Crippen molar-refractivity contribution >= 4 is 17.5 Å². The third-order valence-electron chi connectivity index (χ3n) is 5.08. The summed E-state index contributed by atoms with van der Waals surface area (Å²) in [6.07, 6.45) is 1.16. The van der Waals surface area contributed by atoms with Crippen molar-refractivity contribution in [1.82, 2.24) is 4.90 Å². The minimum absolute atomic E-state index is 0.0769. The van der Waals surface area contributed by atoms with E-state index in [0.29, 0.717) is 54.2 Å². The lowest BCUT2D eigenvalue weighted by Crippen LogP contribution is -2.41. The van der Waals surface area contributed by atoms with Crippen LogP contribution in [0.15, 0.2) is 42.5 Å². The number of hydrogen-bond donors (Lipinski definition) is 1. The zero-order valence-electron chi connectivity index (χ0n) is 15.2. The van der Waals surface area contributed by atoms with Gasteiger partial charge in [0.25, 0.3) is 5.91 Å². The number of carbonyl (C=O) groups excluding carboxylic acids is 2. The molecule has 0 bridgehead atoms. The number of amides is 2. The molecule has 2 amide bonds. The molecule has 4 rings (SSSR count). The first kappa shape index (κ1) is 17.9. The highest BCUT2D eigenvalue weighted by Crippen LogP contribution is 2.33. The summed E-state index contributed by atoms with van der Waals surface area (Å²) in [5.74, 6) is 0.846. The molecular formula is C21H19N3O4. The average molecular weight is 377 g/mol. The van der Waals surface area contributed by atoms with Gasteiger partial charge in [-0.25, -0.2) is 0 Å². The van der Waals surface area contributed by atoms with Gasteiger partial charge < -0.3 is 19.7 Å². The largest absolute Gasteiger partial charge is 0.454 e. The Balaban J connectivity index is 1.36. The van der Waals surface area contributed by atoms with E-state index in [-0.39, 0.29) is 24.5 Å². The van der Waals surface area contributed by atoms with Crippen molar-refractivity contribution in [3.05, 3.63) is 53.6 Å². The number of ether oxygens (including phenoxy) is 2. The molecule has 0 atom stereocenters. The molecule has 0 aromatic heterocycles. The fourth-order valence-electron chi connectivity index (χ4n) is 3.48. The molecule has 142 valence electrons. The van der Waals surface area contributed by atoms with Crippen molar-refractivity contribution < 1.29 is 19.1 Å². The van der Waals surface area contributed by atoms with Gasteiger partial charge in [0.15, 0.2) is 11.5 Å². The fraction of sp³-hybridized carbons (Fsp3) is 0.286. The molecule has 2 aromatic carbocycles. The third-order valence-corrected chi connectivity index (χ3v) is 5.08. The Labute approximate surface area is 162 Å². The molecule has 2 heterocycles. The van der Waals surface area contributed by atoms with Crippen molar-refractivity contribution in [2.45, 2.75) is 12.8 Å². The van der Waals surface area contributed by atoms with Crippen molar-refractivity contribution in [3.63, 3.8) is 0 Å². The Bertz CT molecular complexity index is 958. The second-order valence-corrected chi connectivity index (χ2v) is 6.78. The molecular weight excluding hydrogens is 358 g/mol. The normalized spacial score (nSPS) is 15.8. The van der Waals surface area contributed by atoms with E-state index in [0.717, 1.165) is 0 Å². The molecule has 0 aliphatic carbocycles. The number of benzene rings is 2. The van der Waals surface area contributed by atoms with Crippen LogP contribution in [0.1, 0.15) is 28.8 Å². The lowest BCUT2D eigenvalue weighted by Gasteiger charge is -2.31. The van der Waals surface area contributed by atoms with E-state index in [4.69, 9.17) is 14.7 Å². The van der Waals surface area contributed by atoms with Gasteiger partial charge in [-0.2, -0.15) is 5.26 Å². The number of para-hydroxylation sites is 1. The molecule has 1 N–H and O–H groups in total. The molecule has 2 aliphatic heterocycles. The van der Waals surface area contributed by atoms with Crippen LogP contribution >= 0.6 is 0 Å². The number of nitriles is 1. The summed E-state index contributed by atoms with van der Waals surface area (Å²) < 4.78 is 10.6. The maximum Gasteiger partial charge on any atom is 0.253 e. The van der Waals surface area contributed by atoms with E-state index in [1.165, 1.54) is 0 Å². The Kier molecular flexibility index (Phi) is 4.85. The highest BCUT2D eigenvalue weighted by molar-refractivity contribution is 5.96. The smallest absolute Gasteiger partial charge is 0.253 e. The van der Waals surface area contributed by atoms with Crippen LogP contribution in [0.25, 0.3) is 0 Å². The minimum Gasteiger partial charge on any atom is -0.454 e. The quantitative estimate of drug-likeness (QED) is 0.888. The number of fused-ring (bicyclic) bond motifs is 1. The van der Waals surface area contributed by atoms with Crippen LogP contribution in [0.2, 0.25) is 0 Å². The maximum atomic E-state index is 12.7. The van der Waals surface area contributed by atoms with Crippen molar-refractivity contribution in [2.75, 3.05) is 25.2 Å². The standard InChI is InChI=1S/C21H19N3O4/c22-12-16-3-1-2-4-17(16)23-20(25)14-7-9-24(10-8-14)21(26)15-5-6-18-19(11-15)28-13-27-18/h1-6,11,14H,7-10,13H2,(H,23,25). The molecule has 28 heavy (non-hydrogen) atoms. The summed E-state index contributed by atoms with van der Waals surface area (Å²) in [7, 11) is 0. The molecule has 2 aliphatic rings. The number of piperidine rings is 1. The van der Waals surface area contributed by atoms with Crippen molar-refractivity contribution in [1.29, 1.82) is 5.26 Å². The topological polar surface area (TPSA) is 91.7 Å². The van der Waals surface area contributed by atoms with Crippen LogP contribution < -0.4 is 14.8 Å². The van der Waals surface area contributed by atoms with E-state index in [2.05, 4.69) is 11.4 Å². The Morgan fingerprint density at radius 3 is 2.61 bits per heavy atom. The van der Waals surface area contributed by atoms with E-state index in [9.17, 15) is 9.59 Å². The average Bonchev–Trinajstić information content (AvgIpc) is 3.21. The molecule has 0 radical (unpaired) electrons. The SMILES string of the molecule is N#Cc1ccccc1NC(=O)C1CCN(C(=O)c2ccc3c(c2)OCO3)CC1. The molecule has 1 fully saturated rings. The number of nitrogens with one attached hydrogen (secondary N) is 1. The number of hydrogen-bond acceptors (Lipinski definition) is 5. The van der Waals surface area contributed by atoms with Crippen LogP contribution in [0.3, 0.4) is 0 Å². The first-order chi connectivity index (χ1) is 13.7. The molecule has 1 saturated heterocycles. The van der Waals surface area contributed by atoms with E-state index in [1.807, 2.05) is 0 Å². The zero-order chi connectivity index (χ0) is 19.5. The minimum atomic E-state index is -0.187. The van der Waals surface area contributed by atoms with Gasteiger partial charge >= 0.3 is 0 Å². The molecule has 0 unspecified atom stereocenters. The van der Waals surface area contributed by atoms with Crippen molar-refractivity contribution in [2.24, 2.45) is 5.92 Å². The van der Waals surface area contributed by atoms with Gasteiger partial charge in [-0.1, -0.05) is 12.1 Å². The number of likely N-dealkylation sites (tertiary alicyclic amines) is 1. The lowest BCUT2D eigenvalue weighted by molar-refractivity contribution is -0.121. The van der Waals surface area contributed by atoms with Gasteiger partial charge in [-0.15, -0.1) is 0 Å². The van der Waals surface area contributed by atoms with Gasteiger partial charge in [-0.05, 0) is 43.2 Å². The second kappa shape index (κ2) is 7.61. The summed E-state index contributed by atoms with van der Waals surface area (Å²) >= 11 is 0. The zero-order valence-corrected chi connectivity index (χ0v) is 15.2. The molecule has 7 nitrogen and oxygen atoms in total. The fourth-order valence-corrected chi connectivity index (χ4v) is 3.48. The second-order valence-electron chi connectivity index (χ2n) is 6.78. The van der Waals surface area contributed by atoms with Gasteiger partial charge in [0.1, 0.15) is 6.07 Å². The number of rotatable bonds is 3. The summed E-state index contributed by atoms with van der Waals surface area (Å²) in [6, 6.07) is 14.2. The maximum absolute atomic E-state index is 12.7. The van der Waals surface area contributed by atoms with Crippen LogP contribution in [0.4, 0.5) is 5.69 Å². The van der Waals surface area contributed by atoms with Gasteiger partial charge in [0, 0.05) is 24.6 Å². The monoisotopic (exact) mass is 377 g/mol. The van der Waals surface area contributed by atoms with E-state index in [1.54, 1.807) is 47.4 Å². The summed E-state index contributed by atoms with van der Waals surface area (Å²) in [4.78, 5) is 27.1. The Hall–Kier alpha value is -3.53. The predicted molar refractivity (Wildman–Crippen MR) is 101 cm³/mol. The van der Waals surface area contributed by atoms with Crippen molar-refractivity contribution in [3.8, 4) is 17.6 Å². The highest BCUT2D eigenvalue weighted by Gasteiger charge is 2.29. The van der Waals surface area contributed by atoms with Gasteiger partial charge in [0.05, 0.1) is 11.3 Å². The summed E-state index contributed by atoms with van der Waals surface area (Å²) in [5.41, 5.74) is 1.51. The van der Waals surface area contributed by atoms with Crippen LogP contribution in [0.5, 0.6) is 11.5 Å². The molecule has 0 spiro atoms. The number of nitrogens with zero attached hydrogens (tertiary/aromatic N) is 2. The van der Waals surface area contributed by atoms with Gasteiger partial charge in [0.2, 0.25) is 12.7 Å². The summed E-state index contributed by atoms with van der Waals surface area (Å²) in [5, 5.41) is 12.0. The van der Waals surface area contributed by atoms with E-state index >= 15 is 0 Å².